The molecule has 2 amide bonds. The predicted octanol–water partition coefficient (Wildman–Crippen LogP) is 3.41. The molecule has 0 radical (unpaired) electrons. The summed E-state index contributed by atoms with van der Waals surface area (Å²) >= 11 is 0. The molecule has 0 aliphatic carbocycles. The van der Waals surface area contributed by atoms with Crippen molar-refractivity contribution in [1.82, 2.24) is 15.3 Å². The van der Waals surface area contributed by atoms with Crippen LogP contribution in [0.4, 0.5) is 5.69 Å². The van der Waals surface area contributed by atoms with Crippen LogP contribution in [0.5, 0.6) is 0 Å². The van der Waals surface area contributed by atoms with Gasteiger partial charge in [0.25, 0.3) is 11.8 Å². The van der Waals surface area contributed by atoms with Crippen molar-refractivity contribution >= 4 is 28.4 Å². The first kappa shape index (κ1) is 17.5. The third-order valence-corrected chi connectivity index (χ3v) is 4.13. The molecule has 1 atom stereocenters. The van der Waals surface area contributed by atoms with Gasteiger partial charge in [-0.2, -0.15) is 0 Å². The average molecular weight is 348 g/mol. The van der Waals surface area contributed by atoms with E-state index in [0.29, 0.717) is 16.8 Å². The molecule has 0 bridgehead atoms. The zero-order chi connectivity index (χ0) is 18.5. The van der Waals surface area contributed by atoms with Crippen molar-refractivity contribution in [2.24, 2.45) is 0 Å². The maximum atomic E-state index is 12.6. The number of anilines is 1. The van der Waals surface area contributed by atoms with Gasteiger partial charge in [0, 0.05) is 29.4 Å². The Labute approximate surface area is 151 Å². The summed E-state index contributed by atoms with van der Waals surface area (Å²) in [6.07, 6.45) is 3.97. The van der Waals surface area contributed by atoms with Crippen LogP contribution in [0, 0.1) is 0 Å². The SMILES string of the molecule is CCC(C)NC(=O)c1ccnc(C(=O)Nc2cccc3cccnc23)c1. The Kier molecular flexibility index (Phi) is 5.22. The van der Waals surface area contributed by atoms with E-state index >= 15 is 0 Å². The molecule has 3 aromatic rings. The second-order valence-electron chi connectivity index (χ2n) is 6.05. The molecule has 1 unspecified atom stereocenters. The first-order valence-electron chi connectivity index (χ1n) is 8.50. The monoisotopic (exact) mass is 348 g/mol. The molecule has 26 heavy (non-hydrogen) atoms. The van der Waals surface area contributed by atoms with Crippen molar-refractivity contribution in [1.29, 1.82) is 0 Å². The normalized spacial score (nSPS) is 11.8. The number of carbonyl (C=O) groups excluding carboxylic acids is 2. The van der Waals surface area contributed by atoms with Crippen molar-refractivity contribution in [2.45, 2.75) is 26.3 Å². The van der Waals surface area contributed by atoms with Gasteiger partial charge in [-0.1, -0.05) is 25.1 Å². The molecule has 132 valence electrons. The molecule has 0 spiro atoms. The molecule has 0 saturated heterocycles. The molecule has 6 heteroatoms. The molecule has 2 heterocycles. The fourth-order valence-electron chi connectivity index (χ4n) is 2.50. The van der Waals surface area contributed by atoms with E-state index in [2.05, 4.69) is 20.6 Å². The van der Waals surface area contributed by atoms with Crippen molar-refractivity contribution in [3.05, 3.63) is 66.1 Å². The number of nitrogens with one attached hydrogen (secondary N) is 2. The fourth-order valence-corrected chi connectivity index (χ4v) is 2.50. The molecular weight excluding hydrogens is 328 g/mol. The number of rotatable bonds is 5. The zero-order valence-corrected chi connectivity index (χ0v) is 14.7. The second kappa shape index (κ2) is 7.74. The Morgan fingerprint density at radius 2 is 1.85 bits per heavy atom. The Hall–Kier alpha value is -3.28. The highest BCUT2D eigenvalue weighted by Gasteiger charge is 2.14. The number of para-hydroxylation sites is 1. The van der Waals surface area contributed by atoms with Gasteiger partial charge in [-0.3, -0.25) is 19.6 Å². The van der Waals surface area contributed by atoms with E-state index in [1.807, 2.05) is 38.1 Å². The number of aromatic nitrogens is 2. The number of amides is 2. The third kappa shape index (κ3) is 3.85. The number of fused-ring (bicyclic) bond motifs is 1. The lowest BCUT2D eigenvalue weighted by atomic mass is 10.1. The summed E-state index contributed by atoms with van der Waals surface area (Å²) in [6.45, 7) is 3.93. The first-order chi connectivity index (χ1) is 12.6. The van der Waals surface area contributed by atoms with Crippen LogP contribution in [0.25, 0.3) is 10.9 Å². The number of hydrogen-bond donors (Lipinski definition) is 2. The van der Waals surface area contributed by atoms with Crippen LogP contribution in [0.15, 0.2) is 54.9 Å². The van der Waals surface area contributed by atoms with Crippen LogP contribution < -0.4 is 10.6 Å². The lowest BCUT2D eigenvalue weighted by molar-refractivity contribution is 0.0939. The molecule has 0 saturated carbocycles. The van der Waals surface area contributed by atoms with Gasteiger partial charge >= 0.3 is 0 Å². The van der Waals surface area contributed by atoms with Crippen molar-refractivity contribution in [3.63, 3.8) is 0 Å². The largest absolute Gasteiger partial charge is 0.350 e. The van der Waals surface area contributed by atoms with Gasteiger partial charge in [0.2, 0.25) is 0 Å². The quantitative estimate of drug-likeness (QED) is 0.740. The number of nitrogens with zero attached hydrogens (tertiary/aromatic N) is 2. The minimum atomic E-state index is -0.388. The molecule has 1 aromatic carbocycles. The highest BCUT2D eigenvalue weighted by atomic mass is 16.2. The molecule has 0 aliphatic rings. The van der Waals surface area contributed by atoms with Gasteiger partial charge in [0.1, 0.15) is 5.69 Å². The van der Waals surface area contributed by atoms with Gasteiger partial charge in [-0.05, 0) is 37.6 Å². The van der Waals surface area contributed by atoms with Crippen LogP contribution >= 0.6 is 0 Å². The van der Waals surface area contributed by atoms with Crippen LogP contribution in [0.3, 0.4) is 0 Å². The third-order valence-electron chi connectivity index (χ3n) is 4.13. The van der Waals surface area contributed by atoms with Crippen LogP contribution in [0.1, 0.15) is 41.1 Å². The van der Waals surface area contributed by atoms with Gasteiger partial charge < -0.3 is 10.6 Å². The van der Waals surface area contributed by atoms with Crippen molar-refractivity contribution in [3.8, 4) is 0 Å². The highest BCUT2D eigenvalue weighted by molar-refractivity contribution is 6.08. The predicted molar refractivity (Wildman–Crippen MR) is 101 cm³/mol. The smallest absolute Gasteiger partial charge is 0.274 e. The lowest BCUT2D eigenvalue weighted by Gasteiger charge is -2.12. The summed E-state index contributed by atoms with van der Waals surface area (Å²) < 4.78 is 0. The van der Waals surface area contributed by atoms with E-state index < -0.39 is 0 Å². The van der Waals surface area contributed by atoms with E-state index in [4.69, 9.17) is 0 Å². The molecule has 6 nitrogen and oxygen atoms in total. The minimum Gasteiger partial charge on any atom is -0.350 e. The maximum Gasteiger partial charge on any atom is 0.274 e. The summed E-state index contributed by atoms with van der Waals surface area (Å²) in [5, 5.41) is 6.63. The summed E-state index contributed by atoms with van der Waals surface area (Å²) in [5.41, 5.74) is 1.88. The number of benzene rings is 1. The lowest BCUT2D eigenvalue weighted by Crippen LogP contribution is -2.32. The van der Waals surface area contributed by atoms with E-state index in [-0.39, 0.29) is 23.6 Å². The van der Waals surface area contributed by atoms with Crippen LogP contribution in [-0.4, -0.2) is 27.8 Å². The van der Waals surface area contributed by atoms with Crippen LogP contribution in [0.2, 0.25) is 0 Å². The average Bonchev–Trinajstić information content (AvgIpc) is 2.68. The van der Waals surface area contributed by atoms with Gasteiger partial charge in [-0.25, -0.2) is 0 Å². The summed E-state index contributed by atoms with van der Waals surface area (Å²) in [5.74, 6) is -0.607. The molecule has 0 fully saturated rings. The molecule has 2 aromatic heterocycles. The summed E-state index contributed by atoms with van der Waals surface area (Å²) in [4.78, 5) is 33.2. The minimum absolute atomic E-state index is 0.0645. The Morgan fingerprint density at radius 3 is 2.65 bits per heavy atom. The Balaban J connectivity index is 1.82. The van der Waals surface area contributed by atoms with Crippen LogP contribution in [-0.2, 0) is 0 Å². The molecule has 0 aliphatic heterocycles. The van der Waals surface area contributed by atoms with Gasteiger partial charge in [-0.15, -0.1) is 0 Å². The second-order valence-corrected chi connectivity index (χ2v) is 6.05. The van der Waals surface area contributed by atoms with Crippen molar-refractivity contribution in [2.75, 3.05) is 5.32 Å². The van der Waals surface area contributed by atoms with Crippen molar-refractivity contribution < 1.29 is 9.59 Å². The van der Waals surface area contributed by atoms with E-state index in [9.17, 15) is 9.59 Å². The molecule has 2 N–H and O–H groups in total. The Morgan fingerprint density at radius 1 is 1.04 bits per heavy atom. The molecular formula is C20H20N4O2. The maximum absolute atomic E-state index is 12.6. The number of hydrogen-bond acceptors (Lipinski definition) is 4. The zero-order valence-electron chi connectivity index (χ0n) is 14.7. The standard InChI is InChI=1S/C20H20N4O2/c1-3-13(2)23-19(25)15-9-11-21-17(12-15)20(26)24-16-8-4-6-14-7-5-10-22-18(14)16/h4-13H,3H2,1-2H3,(H,23,25)(H,24,26). The molecule has 3 rings (SSSR count). The summed E-state index contributed by atoms with van der Waals surface area (Å²) in [7, 11) is 0. The van der Waals surface area contributed by atoms with E-state index in [1.165, 1.54) is 12.3 Å². The highest BCUT2D eigenvalue weighted by Crippen LogP contribution is 2.21. The Bertz CT molecular complexity index is 950. The fraction of sp³-hybridized carbons (Fsp3) is 0.200. The number of pyridine rings is 2. The van der Waals surface area contributed by atoms with E-state index in [0.717, 1.165) is 11.8 Å². The topological polar surface area (TPSA) is 84.0 Å². The summed E-state index contributed by atoms with van der Waals surface area (Å²) in [6, 6.07) is 12.5. The van der Waals surface area contributed by atoms with Gasteiger partial charge in [0.05, 0.1) is 11.2 Å². The van der Waals surface area contributed by atoms with Gasteiger partial charge in [0.15, 0.2) is 0 Å². The van der Waals surface area contributed by atoms with E-state index in [1.54, 1.807) is 18.3 Å². The first-order valence-corrected chi connectivity index (χ1v) is 8.50. The number of carbonyl (C=O) groups is 2.